The fourth-order valence-corrected chi connectivity index (χ4v) is 3.25. The van der Waals surface area contributed by atoms with Crippen molar-refractivity contribution in [2.45, 2.75) is 12.8 Å². The van der Waals surface area contributed by atoms with Crippen molar-refractivity contribution in [3.05, 3.63) is 21.6 Å². The Kier molecular flexibility index (Phi) is 4.60. The summed E-state index contributed by atoms with van der Waals surface area (Å²) in [5.74, 6) is 3.05. The van der Waals surface area contributed by atoms with Crippen LogP contribution in [0.2, 0.25) is 5.15 Å². The van der Waals surface area contributed by atoms with Crippen LogP contribution in [0.3, 0.4) is 0 Å². The van der Waals surface area contributed by atoms with Crippen LogP contribution in [-0.2, 0) is 0 Å². The van der Waals surface area contributed by atoms with Gasteiger partial charge < -0.3 is 5.32 Å². The first-order valence-corrected chi connectivity index (χ1v) is 7.18. The topological polar surface area (TPSA) is 81.0 Å². The molecule has 1 aromatic rings. The van der Waals surface area contributed by atoms with Crippen LogP contribution < -0.4 is 5.32 Å². The Bertz CT molecular complexity index is 440. The van der Waals surface area contributed by atoms with Gasteiger partial charge in [-0.1, -0.05) is 11.6 Å². The normalized spacial score (nSPS) is 16.5. The smallest absolute Gasteiger partial charge is 0.348 e. The average molecular weight is 289 g/mol. The molecule has 0 aliphatic carbocycles. The van der Waals surface area contributed by atoms with Crippen LogP contribution in [0.4, 0.5) is 11.5 Å². The number of nitro groups is 1. The van der Waals surface area contributed by atoms with Gasteiger partial charge in [0.2, 0.25) is 11.0 Å². The predicted octanol–water partition coefficient (Wildman–Crippen LogP) is 2.59. The first-order chi connectivity index (χ1) is 8.68. The van der Waals surface area contributed by atoms with Gasteiger partial charge in [-0.15, -0.1) is 0 Å². The molecular weight excluding hydrogens is 276 g/mol. The first-order valence-electron chi connectivity index (χ1n) is 5.65. The van der Waals surface area contributed by atoms with Crippen LogP contribution in [0.25, 0.3) is 0 Å². The molecule has 0 unspecified atom stereocenters. The SMILES string of the molecule is O=[N+]([O-])c1c(Cl)ncnc1NCC1CCSCC1. The highest BCUT2D eigenvalue weighted by Crippen LogP contribution is 2.29. The Hall–Kier alpha value is -1.08. The van der Waals surface area contributed by atoms with Gasteiger partial charge in [0, 0.05) is 6.54 Å². The van der Waals surface area contributed by atoms with E-state index in [1.165, 1.54) is 6.33 Å². The molecule has 98 valence electrons. The van der Waals surface area contributed by atoms with Gasteiger partial charge >= 0.3 is 5.69 Å². The summed E-state index contributed by atoms with van der Waals surface area (Å²) in [7, 11) is 0. The summed E-state index contributed by atoms with van der Waals surface area (Å²) in [5, 5.41) is 13.8. The number of hydrogen-bond acceptors (Lipinski definition) is 6. The van der Waals surface area contributed by atoms with Crippen molar-refractivity contribution in [1.82, 2.24) is 9.97 Å². The summed E-state index contributed by atoms with van der Waals surface area (Å²) >= 11 is 7.66. The molecule has 0 bridgehead atoms. The van der Waals surface area contributed by atoms with E-state index in [-0.39, 0.29) is 16.7 Å². The molecule has 0 aromatic carbocycles. The van der Waals surface area contributed by atoms with Gasteiger partial charge in [0.1, 0.15) is 6.33 Å². The van der Waals surface area contributed by atoms with Gasteiger partial charge in [0.25, 0.3) is 0 Å². The minimum Gasteiger partial charge on any atom is -0.364 e. The molecule has 1 fully saturated rings. The number of aromatic nitrogens is 2. The second kappa shape index (κ2) is 6.19. The van der Waals surface area contributed by atoms with E-state index in [4.69, 9.17) is 11.6 Å². The number of thioether (sulfide) groups is 1. The van der Waals surface area contributed by atoms with Gasteiger partial charge in [-0.25, -0.2) is 9.97 Å². The standard InChI is InChI=1S/C10H13ClN4O2S/c11-9-8(15(16)17)10(14-6-13-9)12-5-7-1-3-18-4-2-7/h6-7H,1-5H2,(H,12,13,14). The van der Waals surface area contributed by atoms with Crippen LogP contribution >= 0.6 is 23.4 Å². The van der Waals surface area contributed by atoms with E-state index in [2.05, 4.69) is 15.3 Å². The monoisotopic (exact) mass is 288 g/mol. The molecule has 1 saturated heterocycles. The van der Waals surface area contributed by atoms with E-state index >= 15 is 0 Å². The highest BCUT2D eigenvalue weighted by atomic mass is 35.5. The van der Waals surface area contributed by atoms with Crippen LogP contribution in [0.15, 0.2) is 6.33 Å². The van der Waals surface area contributed by atoms with E-state index in [0.29, 0.717) is 12.5 Å². The molecule has 2 rings (SSSR count). The molecule has 6 nitrogen and oxygen atoms in total. The van der Waals surface area contributed by atoms with Crippen LogP contribution in [0.5, 0.6) is 0 Å². The Labute approximate surface area is 114 Å². The highest BCUT2D eigenvalue weighted by Gasteiger charge is 2.22. The van der Waals surface area contributed by atoms with Crippen LogP contribution in [0.1, 0.15) is 12.8 Å². The molecule has 0 amide bonds. The Balaban J connectivity index is 2.04. The van der Waals surface area contributed by atoms with E-state index in [1.807, 2.05) is 11.8 Å². The zero-order valence-corrected chi connectivity index (χ0v) is 11.2. The summed E-state index contributed by atoms with van der Waals surface area (Å²) < 4.78 is 0. The lowest BCUT2D eigenvalue weighted by Gasteiger charge is -2.21. The Morgan fingerprint density at radius 3 is 2.89 bits per heavy atom. The maximum Gasteiger partial charge on any atom is 0.348 e. The molecule has 0 atom stereocenters. The van der Waals surface area contributed by atoms with Crippen LogP contribution in [0, 0.1) is 16.0 Å². The quantitative estimate of drug-likeness (QED) is 0.521. The van der Waals surface area contributed by atoms with Crippen molar-refractivity contribution in [2.24, 2.45) is 5.92 Å². The van der Waals surface area contributed by atoms with Crippen molar-refractivity contribution < 1.29 is 4.92 Å². The predicted molar refractivity (Wildman–Crippen MR) is 72.2 cm³/mol. The number of hydrogen-bond donors (Lipinski definition) is 1. The lowest BCUT2D eigenvalue weighted by molar-refractivity contribution is -0.384. The maximum atomic E-state index is 10.9. The molecule has 1 aliphatic heterocycles. The van der Waals surface area contributed by atoms with Crippen LogP contribution in [-0.4, -0.2) is 32.9 Å². The third-order valence-corrected chi connectivity index (χ3v) is 4.18. The molecule has 0 spiro atoms. The lowest BCUT2D eigenvalue weighted by atomic mass is 10.0. The van der Waals surface area contributed by atoms with Crippen molar-refractivity contribution in [3.8, 4) is 0 Å². The number of nitrogens with zero attached hydrogens (tertiary/aromatic N) is 3. The molecule has 0 saturated carbocycles. The summed E-state index contributed by atoms with van der Waals surface area (Å²) in [6.45, 7) is 0.689. The molecule has 1 aliphatic rings. The van der Waals surface area contributed by atoms with Crippen molar-refractivity contribution in [3.63, 3.8) is 0 Å². The molecule has 1 N–H and O–H groups in total. The minimum atomic E-state index is -0.554. The zero-order chi connectivity index (χ0) is 13.0. The van der Waals surface area contributed by atoms with E-state index < -0.39 is 4.92 Å². The third-order valence-electron chi connectivity index (χ3n) is 2.86. The molecule has 18 heavy (non-hydrogen) atoms. The molecule has 0 radical (unpaired) electrons. The van der Waals surface area contributed by atoms with Crippen molar-refractivity contribution in [2.75, 3.05) is 23.4 Å². The lowest BCUT2D eigenvalue weighted by Crippen LogP contribution is -2.20. The summed E-state index contributed by atoms with van der Waals surface area (Å²) in [6.07, 6.45) is 3.49. The van der Waals surface area contributed by atoms with Gasteiger partial charge in [-0.3, -0.25) is 10.1 Å². The summed E-state index contributed by atoms with van der Waals surface area (Å²) in [4.78, 5) is 17.9. The van der Waals surface area contributed by atoms with Crippen molar-refractivity contribution >= 4 is 34.9 Å². The summed E-state index contributed by atoms with van der Waals surface area (Å²) in [6, 6.07) is 0. The first kappa shape index (κ1) is 13.4. The maximum absolute atomic E-state index is 10.9. The van der Waals surface area contributed by atoms with E-state index in [9.17, 15) is 10.1 Å². The zero-order valence-electron chi connectivity index (χ0n) is 9.63. The molecular formula is C10H13ClN4O2S. The third kappa shape index (κ3) is 3.23. The van der Waals surface area contributed by atoms with Gasteiger partial charge in [-0.2, -0.15) is 11.8 Å². The number of halogens is 1. The number of rotatable bonds is 4. The minimum absolute atomic E-state index is 0.128. The Morgan fingerprint density at radius 2 is 2.22 bits per heavy atom. The number of nitrogens with one attached hydrogen (secondary N) is 1. The van der Waals surface area contributed by atoms with E-state index in [0.717, 1.165) is 24.3 Å². The molecule has 1 aromatic heterocycles. The van der Waals surface area contributed by atoms with Crippen molar-refractivity contribution in [1.29, 1.82) is 0 Å². The van der Waals surface area contributed by atoms with Gasteiger partial charge in [0.05, 0.1) is 4.92 Å². The van der Waals surface area contributed by atoms with Gasteiger partial charge in [-0.05, 0) is 30.3 Å². The largest absolute Gasteiger partial charge is 0.364 e. The molecule has 2 heterocycles. The fraction of sp³-hybridized carbons (Fsp3) is 0.600. The Morgan fingerprint density at radius 1 is 1.50 bits per heavy atom. The van der Waals surface area contributed by atoms with Gasteiger partial charge in [0.15, 0.2) is 0 Å². The fourth-order valence-electron chi connectivity index (χ4n) is 1.84. The number of anilines is 1. The summed E-state index contributed by atoms with van der Waals surface area (Å²) in [5.41, 5.74) is -0.246. The highest BCUT2D eigenvalue weighted by molar-refractivity contribution is 7.99. The van der Waals surface area contributed by atoms with E-state index in [1.54, 1.807) is 0 Å². The average Bonchev–Trinajstić information content (AvgIpc) is 2.37. The second-order valence-electron chi connectivity index (χ2n) is 4.06. The molecule has 8 heteroatoms. The second-order valence-corrected chi connectivity index (χ2v) is 5.64.